The van der Waals surface area contributed by atoms with Crippen LogP contribution in [0.5, 0.6) is 0 Å². The molecule has 13 heavy (non-hydrogen) atoms. The highest BCUT2D eigenvalue weighted by molar-refractivity contribution is 7.99. The molecule has 1 rings (SSSR count). The lowest BCUT2D eigenvalue weighted by atomic mass is 10.0. The van der Waals surface area contributed by atoms with Gasteiger partial charge in [-0.05, 0) is 56.7 Å². The largest absolute Gasteiger partial charge is 0.306 e. The van der Waals surface area contributed by atoms with Gasteiger partial charge in [-0.3, -0.25) is 0 Å². The number of hydrogen-bond acceptors (Lipinski definition) is 2. The van der Waals surface area contributed by atoms with E-state index in [1.807, 2.05) is 0 Å². The van der Waals surface area contributed by atoms with Gasteiger partial charge in [0.25, 0.3) is 0 Å². The van der Waals surface area contributed by atoms with E-state index in [4.69, 9.17) is 0 Å². The van der Waals surface area contributed by atoms with Gasteiger partial charge >= 0.3 is 0 Å². The van der Waals surface area contributed by atoms with Crippen LogP contribution in [0.3, 0.4) is 0 Å². The molecule has 0 amide bonds. The summed E-state index contributed by atoms with van der Waals surface area (Å²) < 4.78 is 0. The van der Waals surface area contributed by atoms with Gasteiger partial charge in [0.15, 0.2) is 0 Å². The molecule has 0 spiro atoms. The summed E-state index contributed by atoms with van der Waals surface area (Å²) in [4.78, 5) is 2.50. The highest BCUT2D eigenvalue weighted by Crippen LogP contribution is 2.22. The number of hydrogen-bond donors (Lipinski definition) is 0. The highest BCUT2D eigenvalue weighted by atomic mass is 32.2. The summed E-state index contributed by atoms with van der Waals surface area (Å²) in [5.41, 5.74) is 0. The minimum absolute atomic E-state index is 0.978. The molecular formula is C11H23NS. The van der Waals surface area contributed by atoms with Crippen molar-refractivity contribution in [1.29, 1.82) is 0 Å². The van der Waals surface area contributed by atoms with Gasteiger partial charge in [0, 0.05) is 6.54 Å². The third kappa shape index (κ3) is 4.92. The molecule has 1 unspecified atom stereocenters. The Kier molecular flexibility index (Phi) is 5.88. The summed E-state index contributed by atoms with van der Waals surface area (Å²) in [6, 6.07) is 0. The predicted molar refractivity (Wildman–Crippen MR) is 62.5 cm³/mol. The molecule has 0 aromatic rings. The van der Waals surface area contributed by atoms with Crippen LogP contribution < -0.4 is 0 Å². The molecule has 2 heteroatoms. The fourth-order valence-corrected chi connectivity index (χ4v) is 3.14. The summed E-state index contributed by atoms with van der Waals surface area (Å²) >= 11 is 2.14. The summed E-state index contributed by atoms with van der Waals surface area (Å²) in [5.74, 6) is 3.77. The van der Waals surface area contributed by atoms with Gasteiger partial charge in [0.2, 0.25) is 0 Å². The van der Waals surface area contributed by atoms with Crippen LogP contribution in [0.1, 0.15) is 32.6 Å². The molecule has 0 bridgehead atoms. The Labute approximate surface area is 87.3 Å². The van der Waals surface area contributed by atoms with E-state index in [-0.39, 0.29) is 0 Å². The minimum atomic E-state index is 0.978. The van der Waals surface area contributed by atoms with Crippen LogP contribution in [0.2, 0.25) is 0 Å². The van der Waals surface area contributed by atoms with Crippen LogP contribution >= 0.6 is 11.8 Å². The second-order valence-corrected chi connectivity index (χ2v) is 5.40. The summed E-state index contributed by atoms with van der Waals surface area (Å²) in [5, 5.41) is 0. The smallest absolute Gasteiger partial charge is 0.000690 e. The van der Waals surface area contributed by atoms with Gasteiger partial charge in [-0.1, -0.05) is 6.92 Å². The maximum Gasteiger partial charge on any atom is 0.000690 e. The number of thioether (sulfide) groups is 1. The highest BCUT2D eigenvalue weighted by Gasteiger charge is 2.13. The van der Waals surface area contributed by atoms with Crippen molar-refractivity contribution in [3.05, 3.63) is 0 Å². The SMILES string of the molecule is CCCN(C)CC1CCCSCC1. The molecule has 0 N–H and O–H groups in total. The van der Waals surface area contributed by atoms with Gasteiger partial charge in [-0.25, -0.2) is 0 Å². The van der Waals surface area contributed by atoms with Crippen LogP contribution in [0.15, 0.2) is 0 Å². The van der Waals surface area contributed by atoms with Crippen molar-refractivity contribution >= 4 is 11.8 Å². The molecule has 1 aliphatic rings. The van der Waals surface area contributed by atoms with Crippen LogP contribution in [0.4, 0.5) is 0 Å². The van der Waals surface area contributed by atoms with Crippen molar-refractivity contribution in [2.45, 2.75) is 32.6 Å². The lowest BCUT2D eigenvalue weighted by Crippen LogP contribution is -2.26. The average Bonchev–Trinajstić information content (AvgIpc) is 2.33. The first-order valence-corrected chi connectivity index (χ1v) is 6.74. The zero-order chi connectivity index (χ0) is 9.52. The average molecular weight is 201 g/mol. The molecule has 0 saturated carbocycles. The van der Waals surface area contributed by atoms with Crippen LogP contribution in [-0.2, 0) is 0 Å². The summed E-state index contributed by atoms with van der Waals surface area (Å²) in [6.07, 6.45) is 5.63. The quantitative estimate of drug-likeness (QED) is 0.688. The Morgan fingerprint density at radius 2 is 2.15 bits per heavy atom. The minimum Gasteiger partial charge on any atom is -0.306 e. The van der Waals surface area contributed by atoms with Crippen molar-refractivity contribution < 1.29 is 0 Å². The number of nitrogens with zero attached hydrogens (tertiary/aromatic N) is 1. The molecule has 0 aromatic heterocycles. The first kappa shape index (κ1) is 11.4. The lowest BCUT2D eigenvalue weighted by molar-refractivity contribution is 0.264. The maximum absolute atomic E-state index is 2.50. The third-order valence-electron chi connectivity index (χ3n) is 2.75. The molecule has 1 nitrogen and oxygen atoms in total. The summed E-state index contributed by atoms with van der Waals surface area (Å²) in [6.45, 7) is 4.86. The van der Waals surface area contributed by atoms with Crippen LogP contribution in [0.25, 0.3) is 0 Å². The molecule has 0 radical (unpaired) electrons. The van der Waals surface area contributed by atoms with Crippen molar-refractivity contribution in [3.63, 3.8) is 0 Å². The summed E-state index contributed by atoms with van der Waals surface area (Å²) in [7, 11) is 2.27. The van der Waals surface area contributed by atoms with Gasteiger partial charge in [0.1, 0.15) is 0 Å². The van der Waals surface area contributed by atoms with Gasteiger partial charge in [-0.15, -0.1) is 0 Å². The third-order valence-corrected chi connectivity index (χ3v) is 3.85. The van der Waals surface area contributed by atoms with Crippen molar-refractivity contribution in [2.24, 2.45) is 5.92 Å². The van der Waals surface area contributed by atoms with Crippen LogP contribution in [0, 0.1) is 5.92 Å². The molecule has 1 fully saturated rings. The molecule has 0 aromatic carbocycles. The Morgan fingerprint density at radius 3 is 2.92 bits per heavy atom. The van der Waals surface area contributed by atoms with Gasteiger partial charge in [-0.2, -0.15) is 11.8 Å². The fraction of sp³-hybridized carbons (Fsp3) is 1.00. The fourth-order valence-electron chi connectivity index (χ4n) is 2.07. The lowest BCUT2D eigenvalue weighted by Gasteiger charge is -2.22. The predicted octanol–water partition coefficient (Wildman–Crippen LogP) is 2.86. The topological polar surface area (TPSA) is 3.24 Å². The second kappa shape index (κ2) is 6.72. The standard InChI is InChI=1S/C11H23NS/c1-3-7-12(2)10-11-5-4-8-13-9-6-11/h11H,3-10H2,1-2H3. The van der Waals surface area contributed by atoms with E-state index >= 15 is 0 Å². The Bertz CT molecular complexity index is 119. The molecule has 1 atom stereocenters. The molecule has 1 aliphatic heterocycles. The monoisotopic (exact) mass is 201 g/mol. The van der Waals surface area contributed by atoms with E-state index in [1.165, 1.54) is 50.3 Å². The van der Waals surface area contributed by atoms with E-state index in [0.29, 0.717) is 0 Å². The van der Waals surface area contributed by atoms with Crippen molar-refractivity contribution in [1.82, 2.24) is 4.90 Å². The van der Waals surface area contributed by atoms with E-state index in [1.54, 1.807) is 0 Å². The second-order valence-electron chi connectivity index (χ2n) is 4.17. The first-order chi connectivity index (χ1) is 6.33. The Morgan fingerprint density at radius 1 is 1.31 bits per heavy atom. The molecule has 78 valence electrons. The van der Waals surface area contributed by atoms with Crippen LogP contribution in [-0.4, -0.2) is 36.5 Å². The molecule has 1 heterocycles. The Hall–Kier alpha value is 0.310. The molecule has 0 aliphatic carbocycles. The normalized spacial score (nSPS) is 24.7. The van der Waals surface area contributed by atoms with Gasteiger partial charge in [0.05, 0.1) is 0 Å². The molecule has 1 saturated heterocycles. The van der Waals surface area contributed by atoms with Crippen molar-refractivity contribution in [3.8, 4) is 0 Å². The van der Waals surface area contributed by atoms with E-state index < -0.39 is 0 Å². The maximum atomic E-state index is 2.50. The zero-order valence-electron chi connectivity index (χ0n) is 9.09. The first-order valence-electron chi connectivity index (χ1n) is 5.59. The van der Waals surface area contributed by atoms with Gasteiger partial charge < -0.3 is 4.90 Å². The molecular weight excluding hydrogens is 178 g/mol. The Balaban J connectivity index is 2.17. The van der Waals surface area contributed by atoms with E-state index in [0.717, 1.165) is 5.92 Å². The van der Waals surface area contributed by atoms with E-state index in [2.05, 4.69) is 30.6 Å². The van der Waals surface area contributed by atoms with Crippen molar-refractivity contribution in [2.75, 3.05) is 31.6 Å². The zero-order valence-corrected chi connectivity index (χ0v) is 9.91. The number of rotatable bonds is 4. The van der Waals surface area contributed by atoms with E-state index in [9.17, 15) is 0 Å².